The number of carbonyl (C=O) groups excluding carboxylic acids is 1. The van der Waals surface area contributed by atoms with Gasteiger partial charge in [0.2, 0.25) is 5.88 Å². The lowest BCUT2D eigenvalue weighted by Crippen LogP contribution is -2.52. The van der Waals surface area contributed by atoms with Crippen LogP contribution in [0.4, 0.5) is 29.3 Å². The number of anilines is 2. The molecule has 1 unspecified atom stereocenters. The number of halogens is 3. The Kier molecular flexibility index (Phi) is 5.89. The minimum Gasteiger partial charge on any atom is -0.437 e. The predicted molar refractivity (Wildman–Crippen MR) is 113 cm³/mol. The van der Waals surface area contributed by atoms with E-state index in [1.807, 2.05) is 6.07 Å². The van der Waals surface area contributed by atoms with Crippen molar-refractivity contribution >= 4 is 17.4 Å². The number of hydrogen-bond donors (Lipinski definition) is 2. The van der Waals surface area contributed by atoms with Crippen LogP contribution < -0.4 is 15.4 Å². The monoisotopic (exact) mass is 454 g/mol. The number of aromatic nitrogens is 1. The van der Waals surface area contributed by atoms with E-state index in [1.54, 1.807) is 30.3 Å². The Bertz CT molecular complexity index is 1200. The SMILES string of the molecule is N#Cc1ccc(NC(=O)Nc2cccnc2Oc2ccccc2C2(C(F)(F)F)CCO2)cc1. The molecule has 1 fully saturated rings. The molecule has 1 aliphatic rings. The number of nitrogens with zero attached hydrogens (tertiary/aromatic N) is 2. The number of nitrogens with one attached hydrogen (secondary N) is 2. The molecule has 168 valence electrons. The average molecular weight is 454 g/mol. The first kappa shape index (κ1) is 22.1. The summed E-state index contributed by atoms with van der Waals surface area (Å²) in [5.41, 5.74) is -1.58. The molecule has 4 rings (SSSR count). The second-order valence-corrected chi connectivity index (χ2v) is 7.15. The molecule has 0 bridgehead atoms. The van der Waals surface area contributed by atoms with Crippen LogP contribution in [0.1, 0.15) is 17.5 Å². The molecule has 1 atom stereocenters. The van der Waals surface area contributed by atoms with Gasteiger partial charge in [-0.3, -0.25) is 0 Å². The fraction of sp³-hybridized carbons (Fsp3) is 0.174. The minimum absolute atomic E-state index is 0.0141. The number of rotatable bonds is 5. The molecule has 0 radical (unpaired) electrons. The Hall–Kier alpha value is -4.10. The minimum atomic E-state index is -4.63. The summed E-state index contributed by atoms with van der Waals surface area (Å²) >= 11 is 0. The van der Waals surface area contributed by atoms with Crippen LogP contribution in [0.5, 0.6) is 11.6 Å². The van der Waals surface area contributed by atoms with E-state index < -0.39 is 17.8 Å². The van der Waals surface area contributed by atoms with Crippen molar-refractivity contribution in [3.8, 4) is 17.7 Å². The molecule has 1 saturated heterocycles. The van der Waals surface area contributed by atoms with E-state index in [1.165, 1.54) is 36.5 Å². The summed E-state index contributed by atoms with van der Waals surface area (Å²) < 4.78 is 52.1. The van der Waals surface area contributed by atoms with E-state index in [2.05, 4.69) is 15.6 Å². The highest BCUT2D eigenvalue weighted by Gasteiger charge is 2.62. The molecule has 7 nitrogen and oxygen atoms in total. The van der Waals surface area contributed by atoms with Crippen LogP contribution in [0, 0.1) is 11.3 Å². The van der Waals surface area contributed by atoms with Crippen molar-refractivity contribution in [3.63, 3.8) is 0 Å². The van der Waals surface area contributed by atoms with Gasteiger partial charge in [-0.15, -0.1) is 0 Å². The summed E-state index contributed by atoms with van der Waals surface area (Å²) in [5.74, 6) is -0.166. The van der Waals surface area contributed by atoms with Gasteiger partial charge in [0, 0.05) is 23.9 Å². The van der Waals surface area contributed by atoms with Crippen LogP contribution in [-0.2, 0) is 10.3 Å². The van der Waals surface area contributed by atoms with Crippen LogP contribution >= 0.6 is 0 Å². The highest BCUT2D eigenvalue weighted by atomic mass is 19.4. The molecule has 0 aliphatic carbocycles. The zero-order valence-corrected chi connectivity index (χ0v) is 17.0. The number of pyridine rings is 1. The molecule has 1 aliphatic heterocycles. The Morgan fingerprint density at radius 1 is 1.09 bits per heavy atom. The summed E-state index contributed by atoms with van der Waals surface area (Å²) in [6, 6.07) is 16.3. The van der Waals surface area contributed by atoms with Crippen molar-refractivity contribution in [3.05, 3.63) is 78.0 Å². The Labute approximate surface area is 186 Å². The van der Waals surface area contributed by atoms with Crippen LogP contribution in [0.15, 0.2) is 66.9 Å². The van der Waals surface area contributed by atoms with Crippen LogP contribution in [0.25, 0.3) is 0 Å². The third-order valence-electron chi connectivity index (χ3n) is 5.08. The first-order valence-corrected chi connectivity index (χ1v) is 9.84. The summed E-state index contributed by atoms with van der Waals surface area (Å²) in [4.78, 5) is 16.5. The highest BCUT2D eigenvalue weighted by molar-refractivity contribution is 6.00. The molecule has 1 aromatic heterocycles. The van der Waals surface area contributed by atoms with E-state index in [0.29, 0.717) is 11.3 Å². The second-order valence-electron chi connectivity index (χ2n) is 7.15. The van der Waals surface area contributed by atoms with E-state index in [4.69, 9.17) is 14.7 Å². The number of carbonyl (C=O) groups is 1. The maximum absolute atomic E-state index is 13.8. The molecule has 0 saturated carbocycles. The van der Waals surface area contributed by atoms with Crippen molar-refractivity contribution in [2.75, 3.05) is 17.2 Å². The molecular formula is C23H17F3N4O3. The lowest BCUT2D eigenvalue weighted by Gasteiger charge is -2.43. The number of ether oxygens (including phenoxy) is 2. The van der Waals surface area contributed by atoms with Gasteiger partial charge in [0.25, 0.3) is 0 Å². The van der Waals surface area contributed by atoms with Crippen molar-refractivity contribution in [1.29, 1.82) is 5.26 Å². The van der Waals surface area contributed by atoms with Crippen molar-refractivity contribution in [1.82, 2.24) is 4.98 Å². The second kappa shape index (κ2) is 8.80. The van der Waals surface area contributed by atoms with Crippen LogP contribution in [0.3, 0.4) is 0 Å². The maximum Gasteiger partial charge on any atom is 0.421 e. The third-order valence-corrected chi connectivity index (χ3v) is 5.08. The van der Waals surface area contributed by atoms with E-state index in [0.717, 1.165) is 0 Å². The van der Waals surface area contributed by atoms with Gasteiger partial charge in [0.05, 0.1) is 18.2 Å². The summed E-state index contributed by atoms with van der Waals surface area (Å²) in [6.45, 7) is -0.0141. The average Bonchev–Trinajstić information content (AvgIpc) is 2.75. The Morgan fingerprint density at radius 3 is 2.45 bits per heavy atom. The molecule has 33 heavy (non-hydrogen) atoms. The molecule has 2 N–H and O–H groups in total. The number of alkyl halides is 3. The summed E-state index contributed by atoms with van der Waals surface area (Å²) in [6.07, 6.45) is -3.46. The Balaban J connectivity index is 1.56. The zero-order chi connectivity index (χ0) is 23.5. The number of hydrogen-bond acceptors (Lipinski definition) is 5. The molecule has 2 aromatic carbocycles. The smallest absolute Gasteiger partial charge is 0.421 e. The van der Waals surface area contributed by atoms with Crippen molar-refractivity contribution < 1.29 is 27.4 Å². The fourth-order valence-corrected chi connectivity index (χ4v) is 3.37. The topological polar surface area (TPSA) is 96.3 Å². The standard InChI is InChI=1S/C23H17F3N4O3/c24-23(25,26)22(11-13-32-22)17-4-1-2-6-19(17)33-20-18(5-3-12-28-20)30-21(31)29-16-9-7-15(14-27)8-10-16/h1-10,12H,11,13H2,(H2,29,30,31). The van der Waals surface area contributed by atoms with Gasteiger partial charge in [0.1, 0.15) is 11.4 Å². The van der Waals surface area contributed by atoms with Crippen LogP contribution in [0.2, 0.25) is 0 Å². The van der Waals surface area contributed by atoms with Gasteiger partial charge in [-0.25, -0.2) is 9.78 Å². The molecule has 10 heteroatoms. The maximum atomic E-state index is 13.8. The molecule has 2 heterocycles. The number of benzene rings is 2. The van der Waals surface area contributed by atoms with Gasteiger partial charge in [-0.05, 0) is 42.5 Å². The van der Waals surface area contributed by atoms with E-state index >= 15 is 0 Å². The largest absolute Gasteiger partial charge is 0.437 e. The zero-order valence-electron chi connectivity index (χ0n) is 17.0. The van der Waals surface area contributed by atoms with Gasteiger partial charge in [0.15, 0.2) is 5.60 Å². The number of para-hydroxylation sites is 1. The van der Waals surface area contributed by atoms with Gasteiger partial charge < -0.3 is 20.1 Å². The lowest BCUT2D eigenvalue weighted by molar-refractivity contribution is -0.333. The van der Waals surface area contributed by atoms with Gasteiger partial charge in [-0.2, -0.15) is 18.4 Å². The molecule has 3 aromatic rings. The van der Waals surface area contributed by atoms with E-state index in [9.17, 15) is 18.0 Å². The Morgan fingerprint density at radius 2 is 1.82 bits per heavy atom. The first-order valence-electron chi connectivity index (χ1n) is 9.84. The predicted octanol–water partition coefficient (Wildman–Crippen LogP) is 5.57. The number of urea groups is 1. The van der Waals surface area contributed by atoms with Gasteiger partial charge in [-0.1, -0.05) is 18.2 Å². The normalized spacial score (nSPS) is 17.4. The van der Waals surface area contributed by atoms with E-state index in [-0.39, 0.29) is 35.9 Å². The quantitative estimate of drug-likeness (QED) is 0.526. The first-order chi connectivity index (χ1) is 15.8. The number of nitriles is 1. The molecular weight excluding hydrogens is 437 g/mol. The highest BCUT2D eigenvalue weighted by Crippen LogP contribution is 2.53. The van der Waals surface area contributed by atoms with Crippen LogP contribution in [-0.4, -0.2) is 23.8 Å². The lowest BCUT2D eigenvalue weighted by atomic mass is 9.85. The van der Waals surface area contributed by atoms with Crippen molar-refractivity contribution in [2.24, 2.45) is 0 Å². The third kappa shape index (κ3) is 4.44. The number of amides is 2. The summed E-state index contributed by atoms with van der Waals surface area (Å²) in [7, 11) is 0. The summed E-state index contributed by atoms with van der Waals surface area (Å²) in [5, 5.41) is 14.0. The molecule has 2 amide bonds. The van der Waals surface area contributed by atoms with Crippen molar-refractivity contribution in [2.45, 2.75) is 18.2 Å². The fourth-order valence-electron chi connectivity index (χ4n) is 3.37. The molecule has 0 spiro atoms. The van der Waals surface area contributed by atoms with Gasteiger partial charge >= 0.3 is 12.2 Å².